The number of hydrogen-bond acceptors (Lipinski definition) is 5. The number of benzene rings is 2. The average molecular weight is 365 g/mol. The van der Waals surface area contributed by atoms with Gasteiger partial charge in [-0.15, -0.1) is 0 Å². The summed E-state index contributed by atoms with van der Waals surface area (Å²) in [5.41, 5.74) is 2.76. The number of carbonyl (C=O) groups excluding carboxylic acids is 1. The topological polar surface area (TPSA) is 83.4 Å². The van der Waals surface area contributed by atoms with Crippen molar-refractivity contribution in [3.63, 3.8) is 0 Å². The third-order valence-electron chi connectivity index (χ3n) is 3.89. The first-order chi connectivity index (χ1) is 13.1. The van der Waals surface area contributed by atoms with Crippen LogP contribution in [0.4, 0.5) is 5.69 Å². The van der Waals surface area contributed by atoms with Gasteiger partial charge < -0.3 is 20.1 Å². The normalized spacial score (nSPS) is 10.7. The molecule has 140 valence electrons. The van der Waals surface area contributed by atoms with E-state index in [0.29, 0.717) is 30.2 Å². The Morgan fingerprint density at radius 3 is 2.59 bits per heavy atom. The third-order valence-corrected chi connectivity index (χ3v) is 3.89. The van der Waals surface area contributed by atoms with Crippen LogP contribution in [0.5, 0.6) is 11.5 Å². The Balaban J connectivity index is 1.91. The highest BCUT2D eigenvalue weighted by atomic mass is 16.5. The molecule has 0 atom stereocenters. The summed E-state index contributed by atoms with van der Waals surface area (Å²) in [6, 6.07) is 15.0. The van der Waals surface area contributed by atoms with Gasteiger partial charge in [-0.25, -0.2) is 0 Å². The summed E-state index contributed by atoms with van der Waals surface area (Å²) in [6.45, 7) is 2.50. The number of amides is 1. The Labute approximate surface area is 159 Å². The molecule has 0 saturated heterocycles. The van der Waals surface area contributed by atoms with Crippen molar-refractivity contribution >= 4 is 11.6 Å². The predicted octanol–water partition coefficient (Wildman–Crippen LogP) is 3.19. The van der Waals surface area contributed by atoms with Gasteiger partial charge in [-0.05, 0) is 48.7 Å². The molecule has 0 unspecified atom stereocenters. The summed E-state index contributed by atoms with van der Waals surface area (Å²) < 4.78 is 10.5. The van der Waals surface area contributed by atoms with Crippen LogP contribution in [0.15, 0.2) is 54.2 Å². The van der Waals surface area contributed by atoms with Crippen molar-refractivity contribution < 1.29 is 14.3 Å². The number of carbonyl (C=O) groups is 1. The second-order valence-electron chi connectivity index (χ2n) is 5.89. The van der Waals surface area contributed by atoms with Gasteiger partial charge in [-0.1, -0.05) is 18.2 Å². The monoisotopic (exact) mass is 365 g/mol. The summed E-state index contributed by atoms with van der Waals surface area (Å²) in [7, 11) is 3.18. The van der Waals surface area contributed by atoms with Crippen molar-refractivity contribution in [3.8, 4) is 17.6 Å². The van der Waals surface area contributed by atoms with E-state index in [9.17, 15) is 10.1 Å². The van der Waals surface area contributed by atoms with Crippen molar-refractivity contribution in [2.24, 2.45) is 0 Å². The summed E-state index contributed by atoms with van der Waals surface area (Å²) in [5.74, 6) is 0.899. The number of hydrogen-bond donors (Lipinski definition) is 2. The molecular formula is C21H23N3O3. The van der Waals surface area contributed by atoms with Crippen LogP contribution in [0.3, 0.4) is 0 Å². The van der Waals surface area contributed by atoms with Gasteiger partial charge in [0.25, 0.3) is 5.91 Å². The van der Waals surface area contributed by atoms with Crippen LogP contribution >= 0.6 is 0 Å². The Morgan fingerprint density at radius 1 is 1.15 bits per heavy atom. The number of nitriles is 1. The maximum atomic E-state index is 12.2. The van der Waals surface area contributed by atoms with Crippen LogP contribution in [0.2, 0.25) is 0 Å². The lowest BCUT2D eigenvalue weighted by Crippen LogP contribution is -2.18. The van der Waals surface area contributed by atoms with E-state index in [1.807, 2.05) is 49.4 Å². The molecule has 0 spiro atoms. The van der Waals surface area contributed by atoms with Crippen LogP contribution in [0.25, 0.3) is 0 Å². The highest BCUT2D eigenvalue weighted by molar-refractivity contribution is 6.06. The average Bonchev–Trinajstić information content (AvgIpc) is 2.67. The van der Waals surface area contributed by atoms with E-state index in [1.165, 1.54) is 6.20 Å². The molecule has 0 radical (unpaired) electrons. The van der Waals surface area contributed by atoms with Gasteiger partial charge in [0.15, 0.2) is 11.5 Å². The maximum Gasteiger partial charge on any atom is 0.267 e. The minimum Gasteiger partial charge on any atom is -0.493 e. The molecular weight excluding hydrogens is 342 g/mol. The van der Waals surface area contributed by atoms with Crippen molar-refractivity contribution in [1.29, 1.82) is 5.26 Å². The molecule has 0 saturated carbocycles. The molecule has 0 aliphatic rings. The van der Waals surface area contributed by atoms with Crippen molar-refractivity contribution in [3.05, 3.63) is 65.4 Å². The first kappa shape index (κ1) is 19.9. The number of methoxy groups -OCH3 is 2. The molecule has 27 heavy (non-hydrogen) atoms. The molecule has 0 bridgehead atoms. The number of nitrogens with one attached hydrogen (secondary N) is 2. The van der Waals surface area contributed by atoms with E-state index in [2.05, 4.69) is 10.6 Å². The van der Waals surface area contributed by atoms with Gasteiger partial charge in [-0.3, -0.25) is 4.79 Å². The zero-order chi connectivity index (χ0) is 19.6. The van der Waals surface area contributed by atoms with Crippen LogP contribution in [-0.4, -0.2) is 26.7 Å². The standard InChI is InChI=1S/C21H23N3O3/c1-15-5-4-6-18(11-15)24-21(25)17(13-22)14-23-10-9-16-7-8-19(26-2)20(12-16)27-3/h4-8,11-12,14,23H,9-10H2,1-3H3,(H,24,25)/b17-14-. The van der Waals surface area contributed by atoms with Crippen LogP contribution in [-0.2, 0) is 11.2 Å². The summed E-state index contributed by atoms with van der Waals surface area (Å²) in [5, 5.41) is 15.0. The number of nitrogens with zero attached hydrogens (tertiary/aromatic N) is 1. The number of anilines is 1. The fourth-order valence-electron chi connectivity index (χ4n) is 2.50. The van der Waals surface area contributed by atoms with Crippen LogP contribution in [0, 0.1) is 18.3 Å². The second kappa shape index (κ2) is 9.88. The minimum atomic E-state index is -0.443. The van der Waals surface area contributed by atoms with E-state index in [4.69, 9.17) is 9.47 Å². The zero-order valence-corrected chi connectivity index (χ0v) is 15.7. The zero-order valence-electron chi connectivity index (χ0n) is 15.7. The lowest BCUT2D eigenvalue weighted by Gasteiger charge is -2.09. The lowest BCUT2D eigenvalue weighted by atomic mass is 10.1. The van der Waals surface area contributed by atoms with E-state index >= 15 is 0 Å². The van der Waals surface area contributed by atoms with Gasteiger partial charge in [-0.2, -0.15) is 5.26 Å². The minimum absolute atomic E-state index is 0.0174. The van der Waals surface area contributed by atoms with Crippen molar-refractivity contribution in [2.75, 3.05) is 26.1 Å². The molecule has 0 aliphatic carbocycles. The van der Waals surface area contributed by atoms with E-state index in [1.54, 1.807) is 20.3 Å². The van der Waals surface area contributed by atoms with E-state index in [0.717, 1.165) is 11.1 Å². The fourth-order valence-corrected chi connectivity index (χ4v) is 2.50. The van der Waals surface area contributed by atoms with Crippen molar-refractivity contribution in [1.82, 2.24) is 5.32 Å². The number of aryl methyl sites for hydroxylation is 1. The molecule has 0 heterocycles. The summed E-state index contributed by atoms with van der Waals surface area (Å²) in [6.07, 6.45) is 2.14. The summed E-state index contributed by atoms with van der Waals surface area (Å²) in [4.78, 5) is 12.2. The fraction of sp³-hybridized carbons (Fsp3) is 0.238. The molecule has 2 aromatic rings. The van der Waals surface area contributed by atoms with Gasteiger partial charge >= 0.3 is 0 Å². The highest BCUT2D eigenvalue weighted by Gasteiger charge is 2.09. The van der Waals surface area contributed by atoms with Crippen molar-refractivity contribution in [2.45, 2.75) is 13.3 Å². The Morgan fingerprint density at radius 2 is 1.93 bits per heavy atom. The molecule has 0 aromatic heterocycles. The molecule has 6 heteroatoms. The van der Waals surface area contributed by atoms with E-state index < -0.39 is 5.91 Å². The van der Waals surface area contributed by atoms with Gasteiger partial charge in [0.1, 0.15) is 11.6 Å². The van der Waals surface area contributed by atoms with Crippen LogP contribution < -0.4 is 20.1 Å². The second-order valence-corrected chi connectivity index (χ2v) is 5.89. The Hall–Kier alpha value is -3.46. The van der Waals surface area contributed by atoms with Gasteiger partial charge in [0.05, 0.1) is 14.2 Å². The molecule has 0 aliphatic heterocycles. The first-order valence-electron chi connectivity index (χ1n) is 8.50. The molecule has 2 N–H and O–H groups in total. The number of ether oxygens (including phenoxy) is 2. The smallest absolute Gasteiger partial charge is 0.267 e. The molecule has 6 nitrogen and oxygen atoms in total. The Bertz CT molecular complexity index is 869. The number of rotatable bonds is 8. The maximum absolute atomic E-state index is 12.2. The first-order valence-corrected chi connectivity index (χ1v) is 8.50. The van der Waals surface area contributed by atoms with Crippen LogP contribution in [0.1, 0.15) is 11.1 Å². The summed E-state index contributed by atoms with van der Waals surface area (Å²) >= 11 is 0. The molecule has 0 fully saturated rings. The van der Waals surface area contributed by atoms with Gasteiger partial charge in [0, 0.05) is 18.4 Å². The molecule has 2 rings (SSSR count). The molecule has 1 amide bonds. The highest BCUT2D eigenvalue weighted by Crippen LogP contribution is 2.27. The predicted molar refractivity (Wildman–Crippen MR) is 105 cm³/mol. The SMILES string of the molecule is COc1ccc(CCN/C=C(/C#N)C(=O)Nc2cccc(C)c2)cc1OC. The molecule has 2 aromatic carbocycles. The quantitative estimate of drug-likeness (QED) is 0.426. The lowest BCUT2D eigenvalue weighted by molar-refractivity contribution is -0.112. The largest absolute Gasteiger partial charge is 0.493 e. The third kappa shape index (κ3) is 5.79. The Kier molecular flexibility index (Phi) is 7.26. The van der Waals surface area contributed by atoms with E-state index in [-0.39, 0.29) is 5.57 Å². The van der Waals surface area contributed by atoms with Gasteiger partial charge in [0.2, 0.25) is 0 Å².